The van der Waals surface area contributed by atoms with E-state index in [2.05, 4.69) is 5.32 Å². The minimum atomic E-state index is -0.100. The molecule has 24 heavy (non-hydrogen) atoms. The van der Waals surface area contributed by atoms with Crippen molar-refractivity contribution in [1.82, 2.24) is 5.32 Å². The fraction of sp³-hybridized carbons (Fsp3) is 0.100. The zero-order valence-electron chi connectivity index (χ0n) is 13.1. The first-order valence-electron chi connectivity index (χ1n) is 7.74. The highest BCUT2D eigenvalue weighted by Crippen LogP contribution is 2.22. The molecule has 4 heteroatoms. The van der Waals surface area contributed by atoms with Crippen molar-refractivity contribution in [2.45, 2.75) is 6.42 Å². The van der Waals surface area contributed by atoms with E-state index < -0.39 is 0 Å². The van der Waals surface area contributed by atoms with Crippen LogP contribution in [0.3, 0.4) is 0 Å². The molecule has 0 aromatic heterocycles. The molecule has 1 amide bonds. The van der Waals surface area contributed by atoms with Crippen LogP contribution in [0.25, 0.3) is 10.8 Å². The summed E-state index contributed by atoms with van der Waals surface area (Å²) < 4.78 is 0. The van der Waals surface area contributed by atoms with E-state index in [0.29, 0.717) is 17.1 Å². The van der Waals surface area contributed by atoms with Crippen LogP contribution in [0.15, 0.2) is 60.7 Å². The van der Waals surface area contributed by atoms with E-state index in [9.17, 15) is 4.79 Å². The Labute approximate surface area is 145 Å². The van der Waals surface area contributed by atoms with Gasteiger partial charge in [-0.25, -0.2) is 0 Å². The second kappa shape index (κ2) is 7.28. The van der Waals surface area contributed by atoms with Gasteiger partial charge in [0.05, 0.1) is 0 Å². The molecule has 2 N–H and O–H groups in total. The molecule has 0 heterocycles. The number of hydrogen-bond acceptors (Lipinski definition) is 2. The van der Waals surface area contributed by atoms with Crippen molar-refractivity contribution < 1.29 is 4.79 Å². The third-order valence-electron chi connectivity index (χ3n) is 3.97. The molecule has 0 saturated carbocycles. The molecule has 3 aromatic carbocycles. The molecular weight excluding hydrogens is 320 g/mol. The van der Waals surface area contributed by atoms with Crippen molar-refractivity contribution in [3.05, 3.63) is 82.4 Å². The Morgan fingerprint density at radius 3 is 2.42 bits per heavy atom. The standard InChI is InChI=1S/C20H17ClN2O/c21-16-8-5-14(6-9-16)11-12-23-20(24)19-10-7-15(13-22)17-3-1-2-4-18(17)19/h1-10,13,22H,11-12H2,(H,23,24). The highest BCUT2D eigenvalue weighted by molar-refractivity contribution is 6.30. The molecule has 3 aromatic rings. The van der Waals surface area contributed by atoms with Gasteiger partial charge in [-0.05, 0) is 46.5 Å². The summed E-state index contributed by atoms with van der Waals surface area (Å²) in [6.45, 7) is 0.557. The van der Waals surface area contributed by atoms with Crippen LogP contribution < -0.4 is 5.32 Å². The average Bonchev–Trinajstić information content (AvgIpc) is 2.62. The van der Waals surface area contributed by atoms with Gasteiger partial charge in [-0.2, -0.15) is 0 Å². The molecule has 0 saturated heterocycles. The molecule has 0 radical (unpaired) electrons. The summed E-state index contributed by atoms with van der Waals surface area (Å²) in [6, 6.07) is 18.9. The van der Waals surface area contributed by atoms with Crippen molar-refractivity contribution in [1.29, 1.82) is 5.41 Å². The lowest BCUT2D eigenvalue weighted by Crippen LogP contribution is -2.26. The van der Waals surface area contributed by atoms with Gasteiger partial charge in [-0.1, -0.05) is 54.1 Å². The van der Waals surface area contributed by atoms with Crippen molar-refractivity contribution in [3.8, 4) is 0 Å². The lowest BCUT2D eigenvalue weighted by molar-refractivity contribution is 0.0956. The number of hydrogen-bond donors (Lipinski definition) is 2. The minimum Gasteiger partial charge on any atom is -0.352 e. The lowest BCUT2D eigenvalue weighted by atomic mass is 9.99. The molecule has 0 aliphatic rings. The Balaban J connectivity index is 1.74. The smallest absolute Gasteiger partial charge is 0.251 e. The monoisotopic (exact) mass is 336 g/mol. The number of nitrogens with one attached hydrogen (secondary N) is 2. The number of rotatable bonds is 5. The zero-order chi connectivity index (χ0) is 16.9. The molecule has 0 atom stereocenters. The summed E-state index contributed by atoms with van der Waals surface area (Å²) in [7, 11) is 0. The first-order chi connectivity index (χ1) is 11.7. The summed E-state index contributed by atoms with van der Waals surface area (Å²) >= 11 is 5.87. The third-order valence-corrected chi connectivity index (χ3v) is 4.22. The number of benzene rings is 3. The quantitative estimate of drug-likeness (QED) is 0.664. The molecule has 0 unspecified atom stereocenters. The molecule has 3 nitrogen and oxygen atoms in total. The summed E-state index contributed by atoms with van der Waals surface area (Å²) in [5.41, 5.74) is 2.57. The number of fused-ring (bicyclic) bond motifs is 1. The van der Waals surface area contributed by atoms with Gasteiger partial charge in [-0.15, -0.1) is 0 Å². The molecule has 120 valence electrons. The van der Waals surface area contributed by atoms with Crippen molar-refractivity contribution in [3.63, 3.8) is 0 Å². The topological polar surface area (TPSA) is 53.0 Å². The highest BCUT2D eigenvalue weighted by atomic mass is 35.5. The zero-order valence-corrected chi connectivity index (χ0v) is 13.8. The Morgan fingerprint density at radius 1 is 1.00 bits per heavy atom. The van der Waals surface area contributed by atoms with Crippen LogP contribution in [0.1, 0.15) is 21.5 Å². The summed E-state index contributed by atoms with van der Waals surface area (Å²) in [5, 5.41) is 12.9. The first kappa shape index (κ1) is 16.2. The van der Waals surface area contributed by atoms with E-state index in [0.717, 1.165) is 28.3 Å². The van der Waals surface area contributed by atoms with Gasteiger partial charge in [0, 0.05) is 23.3 Å². The fourth-order valence-electron chi connectivity index (χ4n) is 2.71. The van der Waals surface area contributed by atoms with Crippen LogP contribution in [-0.2, 0) is 6.42 Å². The Hall–Kier alpha value is -2.65. The van der Waals surface area contributed by atoms with Gasteiger partial charge in [0.15, 0.2) is 0 Å². The van der Waals surface area contributed by atoms with Gasteiger partial charge in [0.25, 0.3) is 5.91 Å². The fourth-order valence-corrected chi connectivity index (χ4v) is 2.84. The molecule has 0 spiro atoms. The van der Waals surface area contributed by atoms with Crippen molar-refractivity contribution >= 4 is 34.5 Å². The van der Waals surface area contributed by atoms with E-state index in [1.807, 2.05) is 54.6 Å². The first-order valence-corrected chi connectivity index (χ1v) is 8.11. The van der Waals surface area contributed by atoms with Gasteiger partial charge >= 0.3 is 0 Å². The maximum Gasteiger partial charge on any atom is 0.251 e. The van der Waals surface area contributed by atoms with E-state index in [1.54, 1.807) is 6.07 Å². The van der Waals surface area contributed by atoms with Crippen molar-refractivity contribution in [2.24, 2.45) is 0 Å². The predicted molar refractivity (Wildman–Crippen MR) is 99.3 cm³/mol. The Bertz CT molecular complexity index is 888. The maximum atomic E-state index is 12.5. The third kappa shape index (κ3) is 3.47. The predicted octanol–water partition coefficient (Wildman–Crippen LogP) is 4.46. The maximum absolute atomic E-state index is 12.5. The van der Waals surface area contributed by atoms with Crippen LogP contribution in [0.5, 0.6) is 0 Å². The molecular formula is C20H17ClN2O. The molecule has 0 aliphatic heterocycles. The van der Waals surface area contributed by atoms with E-state index >= 15 is 0 Å². The number of carbonyl (C=O) groups is 1. The summed E-state index contributed by atoms with van der Waals surface area (Å²) in [6.07, 6.45) is 2.06. The van der Waals surface area contributed by atoms with Gasteiger partial charge in [0.2, 0.25) is 0 Å². The van der Waals surface area contributed by atoms with Crippen molar-refractivity contribution in [2.75, 3.05) is 6.54 Å². The minimum absolute atomic E-state index is 0.100. The molecule has 3 rings (SSSR count). The summed E-state index contributed by atoms with van der Waals surface area (Å²) in [4.78, 5) is 12.5. The van der Waals surface area contributed by atoms with Gasteiger partial charge in [-0.3, -0.25) is 4.79 Å². The normalized spacial score (nSPS) is 10.5. The van der Waals surface area contributed by atoms with Crippen LogP contribution in [0.2, 0.25) is 5.02 Å². The van der Waals surface area contributed by atoms with Crippen LogP contribution in [-0.4, -0.2) is 18.7 Å². The van der Waals surface area contributed by atoms with Crippen LogP contribution >= 0.6 is 11.6 Å². The number of halogens is 1. The number of carbonyl (C=O) groups excluding carboxylic acids is 1. The van der Waals surface area contributed by atoms with Gasteiger partial charge < -0.3 is 10.7 Å². The Morgan fingerprint density at radius 2 is 1.71 bits per heavy atom. The number of amides is 1. The lowest BCUT2D eigenvalue weighted by Gasteiger charge is -2.10. The van der Waals surface area contributed by atoms with Crippen LogP contribution in [0.4, 0.5) is 0 Å². The largest absolute Gasteiger partial charge is 0.352 e. The SMILES string of the molecule is N=Cc1ccc(C(=O)NCCc2ccc(Cl)cc2)c2ccccc12. The average molecular weight is 337 g/mol. The Kier molecular flexibility index (Phi) is 4.92. The molecule has 0 bridgehead atoms. The van der Waals surface area contributed by atoms with E-state index in [1.165, 1.54) is 6.21 Å². The van der Waals surface area contributed by atoms with Gasteiger partial charge in [0.1, 0.15) is 0 Å². The second-order valence-electron chi connectivity index (χ2n) is 5.52. The molecule has 0 fully saturated rings. The second-order valence-corrected chi connectivity index (χ2v) is 5.96. The molecule has 0 aliphatic carbocycles. The van der Waals surface area contributed by atoms with E-state index in [-0.39, 0.29) is 5.91 Å². The highest BCUT2D eigenvalue weighted by Gasteiger charge is 2.11. The van der Waals surface area contributed by atoms with E-state index in [4.69, 9.17) is 17.0 Å². The summed E-state index contributed by atoms with van der Waals surface area (Å²) in [5.74, 6) is -0.100. The van der Waals surface area contributed by atoms with Crippen LogP contribution in [0, 0.1) is 5.41 Å².